The van der Waals surface area contributed by atoms with E-state index in [2.05, 4.69) is 21.2 Å². The number of cyclic esters (lactones) is 1. The number of esters is 1. The van der Waals surface area contributed by atoms with E-state index >= 15 is 0 Å². The third kappa shape index (κ3) is 2.06. The molecule has 0 spiro atoms. The Bertz CT molecular complexity index is 392. The molecular weight excluding hydrogens is 258 g/mol. The molecule has 80 valence electrons. The monoisotopic (exact) mass is 269 g/mol. The van der Waals surface area contributed by atoms with Crippen molar-refractivity contribution in [1.82, 2.24) is 5.32 Å². The van der Waals surface area contributed by atoms with Crippen molar-refractivity contribution < 1.29 is 9.53 Å². The van der Waals surface area contributed by atoms with Gasteiger partial charge >= 0.3 is 5.97 Å². The van der Waals surface area contributed by atoms with Crippen LogP contribution in [0.25, 0.3) is 0 Å². The number of ether oxygens (including phenoxy) is 1. The summed E-state index contributed by atoms with van der Waals surface area (Å²) in [4.78, 5) is 11.7. The first-order chi connectivity index (χ1) is 7.22. The van der Waals surface area contributed by atoms with Gasteiger partial charge in [0.05, 0.1) is 5.56 Å². The van der Waals surface area contributed by atoms with Gasteiger partial charge in [-0.2, -0.15) is 0 Å². The van der Waals surface area contributed by atoms with Gasteiger partial charge in [-0.05, 0) is 34.6 Å². The van der Waals surface area contributed by atoms with Gasteiger partial charge in [0.15, 0.2) is 0 Å². The topological polar surface area (TPSA) is 38.3 Å². The van der Waals surface area contributed by atoms with E-state index < -0.39 is 0 Å². The van der Waals surface area contributed by atoms with Crippen LogP contribution < -0.4 is 5.32 Å². The highest BCUT2D eigenvalue weighted by Gasteiger charge is 2.27. The third-order valence-electron chi connectivity index (χ3n) is 2.46. The van der Waals surface area contributed by atoms with Gasteiger partial charge < -0.3 is 10.1 Å². The number of rotatable bonds is 2. The lowest BCUT2D eigenvalue weighted by atomic mass is 9.99. The lowest BCUT2D eigenvalue weighted by Gasteiger charge is -2.25. The Morgan fingerprint density at radius 2 is 2.40 bits per heavy atom. The average molecular weight is 270 g/mol. The zero-order chi connectivity index (χ0) is 10.8. The van der Waals surface area contributed by atoms with Crippen LogP contribution in [0.2, 0.25) is 0 Å². The fourth-order valence-electron chi connectivity index (χ4n) is 1.81. The number of carbonyl (C=O) groups excluding carboxylic acids is 1. The minimum atomic E-state index is -0.232. The Morgan fingerprint density at radius 3 is 3.13 bits per heavy atom. The summed E-state index contributed by atoms with van der Waals surface area (Å²) >= 11 is 3.36. The molecular formula is C11H12BrNO2. The Morgan fingerprint density at radius 1 is 1.60 bits per heavy atom. The lowest BCUT2D eigenvalue weighted by molar-refractivity contribution is 0.0262. The summed E-state index contributed by atoms with van der Waals surface area (Å²) in [5.74, 6) is -0.232. The second kappa shape index (κ2) is 4.33. The van der Waals surface area contributed by atoms with Crippen molar-refractivity contribution in [3.8, 4) is 0 Å². The van der Waals surface area contributed by atoms with Crippen molar-refractivity contribution in [2.75, 3.05) is 13.6 Å². The number of carbonyl (C=O) groups is 1. The van der Waals surface area contributed by atoms with E-state index in [9.17, 15) is 4.79 Å². The Hall–Kier alpha value is -0.870. The molecule has 1 aromatic carbocycles. The van der Waals surface area contributed by atoms with Crippen LogP contribution >= 0.6 is 15.9 Å². The first-order valence-electron chi connectivity index (χ1n) is 4.85. The smallest absolute Gasteiger partial charge is 0.339 e. The third-order valence-corrected chi connectivity index (χ3v) is 3.12. The molecule has 0 saturated heterocycles. The zero-order valence-corrected chi connectivity index (χ0v) is 10.0. The number of benzene rings is 1. The van der Waals surface area contributed by atoms with Gasteiger partial charge in [-0.15, -0.1) is 0 Å². The Labute approximate surface area is 96.9 Å². The minimum Gasteiger partial charge on any atom is -0.457 e. The number of hydrogen-bond donors (Lipinski definition) is 1. The van der Waals surface area contributed by atoms with Crippen molar-refractivity contribution >= 4 is 21.9 Å². The molecule has 1 aromatic rings. The maximum Gasteiger partial charge on any atom is 0.339 e. The summed E-state index contributed by atoms with van der Waals surface area (Å²) in [6, 6.07) is 5.78. The van der Waals surface area contributed by atoms with Gasteiger partial charge in [0.25, 0.3) is 0 Å². The van der Waals surface area contributed by atoms with Gasteiger partial charge in [-0.1, -0.05) is 12.1 Å². The molecule has 1 N–H and O–H groups in total. The van der Waals surface area contributed by atoms with Crippen molar-refractivity contribution in [3.63, 3.8) is 0 Å². The first kappa shape index (κ1) is 10.6. The maximum atomic E-state index is 11.7. The Balaban J connectivity index is 2.32. The molecule has 15 heavy (non-hydrogen) atoms. The standard InChI is InChI=1S/C11H12BrNO2/c1-13-6-8-5-7-3-2-4-9(12)10(7)11(14)15-8/h2-4,8,13H,5-6H2,1H3. The molecule has 1 heterocycles. The molecule has 3 nitrogen and oxygen atoms in total. The van der Waals surface area contributed by atoms with Crippen LogP contribution in [0.1, 0.15) is 15.9 Å². The summed E-state index contributed by atoms with van der Waals surface area (Å²) in [6.45, 7) is 0.692. The van der Waals surface area contributed by atoms with Gasteiger partial charge in [0.2, 0.25) is 0 Å². The maximum absolute atomic E-state index is 11.7. The van der Waals surface area contributed by atoms with E-state index in [1.807, 2.05) is 25.2 Å². The Kier molecular flexibility index (Phi) is 3.07. The van der Waals surface area contributed by atoms with Gasteiger partial charge in [-0.3, -0.25) is 0 Å². The van der Waals surface area contributed by atoms with Crippen molar-refractivity contribution in [2.24, 2.45) is 0 Å². The molecule has 0 radical (unpaired) electrons. The molecule has 0 saturated carbocycles. The summed E-state index contributed by atoms with van der Waals surface area (Å²) < 4.78 is 6.12. The van der Waals surface area contributed by atoms with E-state index in [1.165, 1.54) is 0 Å². The minimum absolute atomic E-state index is 0.0516. The van der Waals surface area contributed by atoms with Crippen LogP contribution in [0, 0.1) is 0 Å². The quantitative estimate of drug-likeness (QED) is 0.832. The second-order valence-corrected chi connectivity index (χ2v) is 4.42. The van der Waals surface area contributed by atoms with Gasteiger partial charge in [-0.25, -0.2) is 4.79 Å². The SMILES string of the molecule is CNCC1Cc2cccc(Br)c2C(=O)O1. The molecule has 1 unspecified atom stereocenters. The zero-order valence-electron chi connectivity index (χ0n) is 8.42. The van der Waals surface area contributed by atoms with Crippen molar-refractivity contribution in [2.45, 2.75) is 12.5 Å². The summed E-state index contributed by atoms with van der Waals surface area (Å²) in [5.41, 5.74) is 1.73. The molecule has 0 aromatic heterocycles. The summed E-state index contributed by atoms with van der Waals surface area (Å²) in [7, 11) is 1.85. The fraction of sp³-hybridized carbons (Fsp3) is 0.364. The molecule has 4 heteroatoms. The van der Waals surface area contributed by atoms with E-state index in [0.717, 1.165) is 16.5 Å². The molecule has 0 aliphatic carbocycles. The number of halogens is 1. The lowest BCUT2D eigenvalue weighted by Crippen LogP contribution is -2.35. The van der Waals surface area contributed by atoms with Crippen LogP contribution in [-0.2, 0) is 11.2 Å². The average Bonchev–Trinajstić information content (AvgIpc) is 2.17. The normalized spacial score (nSPS) is 19.6. The second-order valence-electron chi connectivity index (χ2n) is 3.56. The number of likely N-dealkylation sites (N-methyl/N-ethyl adjacent to an activating group) is 1. The fourth-order valence-corrected chi connectivity index (χ4v) is 2.38. The van der Waals surface area contributed by atoms with Crippen molar-refractivity contribution in [1.29, 1.82) is 0 Å². The van der Waals surface area contributed by atoms with Crippen molar-refractivity contribution in [3.05, 3.63) is 33.8 Å². The molecule has 1 aliphatic heterocycles. The van der Waals surface area contributed by atoms with Crippen LogP contribution in [0.3, 0.4) is 0 Å². The molecule has 0 bridgehead atoms. The van der Waals surface area contributed by atoms with E-state index in [4.69, 9.17) is 4.74 Å². The first-order valence-corrected chi connectivity index (χ1v) is 5.64. The van der Waals surface area contributed by atoms with Gasteiger partial charge in [0, 0.05) is 17.4 Å². The number of nitrogens with one attached hydrogen (secondary N) is 1. The molecule has 1 aliphatic rings. The number of fused-ring (bicyclic) bond motifs is 1. The van der Waals surface area contributed by atoms with Crippen LogP contribution in [0.4, 0.5) is 0 Å². The highest BCUT2D eigenvalue weighted by molar-refractivity contribution is 9.10. The highest BCUT2D eigenvalue weighted by Crippen LogP contribution is 2.27. The van der Waals surface area contributed by atoms with E-state index in [0.29, 0.717) is 12.1 Å². The molecule has 1 atom stereocenters. The van der Waals surface area contributed by atoms with E-state index in [1.54, 1.807) is 0 Å². The van der Waals surface area contributed by atoms with Gasteiger partial charge in [0.1, 0.15) is 6.10 Å². The molecule has 0 amide bonds. The largest absolute Gasteiger partial charge is 0.457 e. The molecule has 2 rings (SSSR count). The molecule has 0 fully saturated rings. The highest BCUT2D eigenvalue weighted by atomic mass is 79.9. The van der Waals surface area contributed by atoms with Crippen LogP contribution in [0.15, 0.2) is 22.7 Å². The summed E-state index contributed by atoms with van der Waals surface area (Å²) in [5, 5.41) is 3.01. The predicted octanol–water partition coefficient (Wildman–Crippen LogP) is 1.75. The number of hydrogen-bond acceptors (Lipinski definition) is 3. The van der Waals surface area contributed by atoms with Crippen LogP contribution in [0.5, 0.6) is 0 Å². The summed E-state index contributed by atoms with van der Waals surface area (Å²) in [6.07, 6.45) is 0.728. The van der Waals surface area contributed by atoms with E-state index in [-0.39, 0.29) is 12.1 Å². The van der Waals surface area contributed by atoms with Crippen LogP contribution in [-0.4, -0.2) is 25.7 Å². The predicted molar refractivity (Wildman–Crippen MR) is 61.0 cm³/mol.